The Balaban J connectivity index is 2.25. The van der Waals surface area contributed by atoms with Crippen LogP contribution in [0.2, 0.25) is 0 Å². The number of nitrogens with zero attached hydrogens (tertiary/aromatic N) is 2. The van der Waals surface area contributed by atoms with E-state index in [0.717, 1.165) is 13.1 Å². The van der Waals surface area contributed by atoms with Gasteiger partial charge in [0.2, 0.25) is 0 Å². The van der Waals surface area contributed by atoms with Gasteiger partial charge in [-0.25, -0.2) is 4.79 Å². The number of alkyl halides is 1. The Morgan fingerprint density at radius 3 is 2.56 bits per heavy atom. The lowest BCUT2D eigenvalue weighted by Crippen LogP contribution is -2.50. The van der Waals surface area contributed by atoms with Crippen LogP contribution in [0.4, 0.5) is 4.79 Å². The number of hydrogen-bond acceptors (Lipinski definition) is 4. The molecule has 6 heteroatoms. The molecule has 0 aromatic rings. The van der Waals surface area contributed by atoms with Crippen molar-refractivity contribution in [2.75, 3.05) is 44.7 Å². The fourth-order valence-corrected chi connectivity index (χ4v) is 1.88. The van der Waals surface area contributed by atoms with Gasteiger partial charge in [-0.1, -0.05) is 15.9 Å². The van der Waals surface area contributed by atoms with Gasteiger partial charge in [0.05, 0.1) is 12.7 Å². The number of halogens is 1. The molecule has 0 saturated carbocycles. The number of ether oxygens (including phenoxy) is 1. The van der Waals surface area contributed by atoms with E-state index in [1.807, 2.05) is 0 Å². The molecule has 5 nitrogen and oxygen atoms in total. The van der Waals surface area contributed by atoms with E-state index in [1.54, 1.807) is 11.8 Å². The predicted molar refractivity (Wildman–Crippen MR) is 64.8 cm³/mol. The zero-order valence-corrected chi connectivity index (χ0v) is 11.1. The second kappa shape index (κ2) is 7.09. The van der Waals surface area contributed by atoms with Crippen LogP contribution >= 0.6 is 15.9 Å². The van der Waals surface area contributed by atoms with Crippen molar-refractivity contribution in [3.63, 3.8) is 0 Å². The third-order valence-electron chi connectivity index (χ3n) is 2.55. The molecule has 1 amide bonds. The van der Waals surface area contributed by atoms with E-state index in [-0.39, 0.29) is 12.2 Å². The average molecular weight is 295 g/mol. The summed E-state index contributed by atoms with van der Waals surface area (Å²) in [5, 5.41) is 10.1. The van der Waals surface area contributed by atoms with Crippen LogP contribution in [-0.2, 0) is 4.74 Å². The van der Waals surface area contributed by atoms with Crippen LogP contribution in [0.5, 0.6) is 0 Å². The summed E-state index contributed by atoms with van der Waals surface area (Å²) in [6.07, 6.45) is -0.572. The first-order chi connectivity index (χ1) is 7.67. The first-order valence-electron chi connectivity index (χ1n) is 5.55. The van der Waals surface area contributed by atoms with Crippen LogP contribution in [0.15, 0.2) is 0 Å². The van der Waals surface area contributed by atoms with Gasteiger partial charge in [0.25, 0.3) is 0 Å². The SMILES string of the molecule is CCOC(=O)N1CCN(CC(O)CBr)CC1. The molecule has 0 radical (unpaired) electrons. The molecule has 1 rings (SSSR count). The minimum absolute atomic E-state index is 0.233. The second-order valence-electron chi connectivity index (χ2n) is 3.79. The van der Waals surface area contributed by atoms with Gasteiger partial charge in [-0.3, -0.25) is 4.90 Å². The molecule has 16 heavy (non-hydrogen) atoms. The zero-order chi connectivity index (χ0) is 12.0. The van der Waals surface area contributed by atoms with Gasteiger partial charge in [0.15, 0.2) is 0 Å². The number of β-amino-alcohol motifs (C(OH)–C–C–N with tert-alkyl or cyclic N) is 1. The van der Waals surface area contributed by atoms with Crippen LogP contribution in [0.25, 0.3) is 0 Å². The molecule has 1 unspecified atom stereocenters. The number of amides is 1. The van der Waals surface area contributed by atoms with Crippen molar-refractivity contribution in [3.05, 3.63) is 0 Å². The number of carbonyl (C=O) groups excluding carboxylic acids is 1. The van der Waals surface area contributed by atoms with Gasteiger partial charge in [-0.05, 0) is 6.92 Å². The van der Waals surface area contributed by atoms with Crippen LogP contribution < -0.4 is 0 Å². The van der Waals surface area contributed by atoms with Gasteiger partial charge in [0, 0.05) is 38.1 Å². The highest BCUT2D eigenvalue weighted by atomic mass is 79.9. The van der Waals surface area contributed by atoms with Crippen molar-refractivity contribution < 1.29 is 14.6 Å². The predicted octanol–water partition coefficient (Wildman–Crippen LogP) is 0.516. The number of piperazine rings is 1. The maximum atomic E-state index is 11.4. The summed E-state index contributed by atoms with van der Waals surface area (Å²) in [7, 11) is 0. The van der Waals surface area contributed by atoms with Gasteiger partial charge >= 0.3 is 6.09 Å². The summed E-state index contributed by atoms with van der Waals surface area (Å²) in [6, 6.07) is 0. The lowest BCUT2D eigenvalue weighted by atomic mass is 10.3. The molecule has 1 fully saturated rings. The Hall–Kier alpha value is -0.330. The monoisotopic (exact) mass is 294 g/mol. The number of hydrogen-bond donors (Lipinski definition) is 1. The van der Waals surface area contributed by atoms with Crippen molar-refractivity contribution in [2.24, 2.45) is 0 Å². The largest absolute Gasteiger partial charge is 0.450 e. The van der Waals surface area contributed by atoms with E-state index in [0.29, 0.717) is 31.6 Å². The van der Waals surface area contributed by atoms with Gasteiger partial charge in [-0.15, -0.1) is 0 Å². The molecule has 1 saturated heterocycles. The molecule has 0 aromatic heterocycles. The Bertz CT molecular complexity index is 220. The number of carbonyl (C=O) groups is 1. The second-order valence-corrected chi connectivity index (χ2v) is 4.44. The van der Waals surface area contributed by atoms with Crippen molar-refractivity contribution in [1.29, 1.82) is 0 Å². The lowest BCUT2D eigenvalue weighted by Gasteiger charge is -2.34. The normalized spacial score (nSPS) is 19.6. The van der Waals surface area contributed by atoms with E-state index in [2.05, 4.69) is 20.8 Å². The Kier molecular flexibility index (Phi) is 6.08. The molecule has 0 spiro atoms. The molecular weight excluding hydrogens is 276 g/mol. The molecule has 1 N–H and O–H groups in total. The molecule has 0 aromatic carbocycles. The van der Waals surface area contributed by atoms with Gasteiger partial charge in [0.1, 0.15) is 0 Å². The lowest BCUT2D eigenvalue weighted by molar-refractivity contribution is 0.0634. The first kappa shape index (κ1) is 13.7. The maximum absolute atomic E-state index is 11.4. The molecule has 1 aliphatic heterocycles. The maximum Gasteiger partial charge on any atom is 0.409 e. The summed E-state index contributed by atoms with van der Waals surface area (Å²) >= 11 is 3.24. The third kappa shape index (κ3) is 4.27. The van der Waals surface area contributed by atoms with Crippen LogP contribution in [-0.4, -0.2) is 71.8 Å². The Morgan fingerprint density at radius 2 is 2.06 bits per heavy atom. The smallest absolute Gasteiger partial charge is 0.409 e. The highest BCUT2D eigenvalue weighted by Gasteiger charge is 2.22. The molecular formula is C10H19BrN2O3. The van der Waals surface area contributed by atoms with Gasteiger partial charge in [-0.2, -0.15) is 0 Å². The van der Waals surface area contributed by atoms with E-state index in [1.165, 1.54) is 0 Å². The molecule has 94 valence electrons. The van der Waals surface area contributed by atoms with E-state index in [4.69, 9.17) is 4.74 Å². The standard InChI is InChI=1S/C10H19BrN2O3/c1-2-16-10(15)13-5-3-12(4-6-13)8-9(14)7-11/h9,14H,2-8H2,1H3. The Morgan fingerprint density at radius 1 is 1.44 bits per heavy atom. The van der Waals surface area contributed by atoms with Crippen molar-refractivity contribution in [1.82, 2.24) is 9.80 Å². The quantitative estimate of drug-likeness (QED) is 0.768. The van der Waals surface area contributed by atoms with Crippen molar-refractivity contribution >= 4 is 22.0 Å². The molecule has 1 atom stereocenters. The van der Waals surface area contributed by atoms with E-state index in [9.17, 15) is 9.90 Å². The number of rotatable bonds is 4. The first-order valence-corrected chi connectivity index (χ1v) is 6.67. The van der Waals surface area contributed by atoms with E-state index >= 15 is 0 Å². The van der Waals surface area contributed by atoms with Crippen LogP contribution in [0, 0.1) is 0 Å². The summed E-state index contributed by atoms with van der Waals surface area (Å²) in [5.41, 5.74) is 0. The number of aliphatic hydroxyl groups excluding tert-OH is 1. The fourth-order valence-electron chi connectivity index (χ4n) is 1.67. The van der Waals surface area contributed by atoms with Crippen LogP contribution in [0.3, 0.4) is 0 Å². The summed E-state index contributed by atoms with van der Waals surface area (Å²) in [4.78, 5) is 15.3. The fraction of sp³-hybridized carbons (Fsp3) is 0.900. The summed E-state index contributed by atoms with van der Waals surface area (Å²) < 4.78 is 4.93. The molecule has 0 bridgehead atoms. The van der Waals surface area contributed by atoms with E-state index < -0.39 is 0 Å². The minimum Gasteiger partial charge on any atom is -0.450 e. The topological polar surface area (TPSA) is 53.0 Å². The van der Waals surface area contributed by atoms with Crippen molar-refractivity contribution in [2.45, 2.75) is 13.0 Å². The Labute approximate surface area is 104 Å². The van der Waals surface area contributed by atoms with Crippen molar-refractivity contribution in [3.8, 4) is 0 Å². The summed E-state index contributed by atoms with van der Waals surface area (Å²) in [6.45, 7) is 5.82. The number of aliphatic hydroxyl groups is 1. The van der Waals surface area contributed by atoms with Crippen LogP contribution in [0.1, 0.15) is 6.92 Å². The third-order valence-corrected chi connectivity index (χ3v) is 3.29. The van der Waals surface area contributed by atoms with Gasteiger partial charge < -0.3 is 14.7 Å². The molecule has 1 aliphatic rings. The molecule has 1 heterocycles. The highest BCUT2D eigenvalue weighted by molar-refractivity contribution is 9.09. The zero-order valence-electron chi connectivity index (χ0n) is 9.56. The molecule has 0 aliphatic carbocycles. The highest BCUT2D eigenvalue weighted by Crippen LogP contribution is 2.05. The summed E-state index contributed by atoms with van der Waals surface area (Å²) in [5.74, 6) is 0. The minimum atomic E-state index is -0.339. The average Bonchev–Trinajstić information content (AvgIpc) is 2.30.